The average Bonchev–Trinajstić information content (AvgIpc) is 2.75. The highest BCUT2D eigenvalue weighted by molar-refractivity contribution is 6.37. The highest BCUT2D eigenvalue weighted by Crippen LogP contribution is 2.22. The molecule has 0 N–H and O–H groups in total. The first-order chi connectivity index (χ1) is 8.97. The van der Waals surface area contributed by atoms with E-state index in [-0.39, 0.29) is 23.0 Å². The molecule has 0 bridgehead atoms. The lowest BCUT2D eigenvalue weighted by molar-refractivity contribution is 0.0894. The quantitative estimate of drug-likeness (QED) is 0.643. The van der Waals surface area contributed by atoms with Crippen molar-refractivity contribution in [3.63, 3.8) is 0 Å². The van der Waals surface area contributed by atoms with Crippen LogP contribution >= 0.6 is 23.2 Å². The number of hydrogen-bond donors (Lipinski definition) is 0. The predicted octanol–water partition coefficient (Wildman–Crippen LogP) is 3.18. The van der Waals surface area contributed by atoms with E-state index in [9.17, 15) is 9.59 Å². The zero-order valence-electron chi connectivity index (χ0n) is 10.1. The third-order valence-corrected chi connectivity index (χ3v) is 3.13. The molecular weight excluding hydrogens is 287 g/mol. The number of Topliss-reactive ketones (excluding diaryl/α,β-unsaturated/α-hetero) is 2. The molecule has 2 aromatic rings. The Morgan fingerprint density at radius 3 is 2.58 bits per heavy atom. The molecule has 0 saturated heterocycles. The molecule has 0 aliphatic heterocycles. The lowest BCUT2D eigenvalue weighted by atomic mass is 10.0. The smallest absolute Gasteiger partial charge is 0.173 e. The molecule has 0 atom stereocenters. The van der Waals surface area contributed by atoms with Crippen LogP contribution in [0.1, 0.15) is 27.1 Å². The van der Waals surface area contributed by atoms with Crippen LogP contribution in [0.15, 0.2) is 30.6 Å². The van der Waals surface area contributed by atoms with E-state index < -0.39 is 0 Å². The zero-order chi connectivity index (χ0) is 14.0. The fourth-order valence-electron chi connectivity index (χ4n) is 1.62. The van der Waals surface area contributed by atoms with Crippen LogP contribution in [0.5, 0.6) is 0 Å². The minimum atomic E-state index is -0.337. The number of halogens is 2. The highest BCUT2D eigenvalue weighted by atomic mass is 35.5. The number of carbonyl (C=O) groups excluding carboxylic acids is 2. The fraction of sp³-hybridized carbons (Fsp3) is 0.154. The first-order valence-corrected chi connectivity index (χ1v) is 6.23. The summed E-state index contributed by atoms with van der Waals surface area (Å²) in [6.45, 7) is 0. The molecule has 1 heterocycles. The summed E-state index contributed by atoms with van der Waals surface area (Å²) in [6.07, 6.45) is 2.76. The summed E-state index contributed by atoms with van der Waals surface area (Å²) >= 11 is 11.7. The molecular formula is C13H10Cl2N2O2. The van der Waals surface area contributed by atoms with Gasteiger partial charge in [-0.3, -0.25) is 14.3 Å². The number of nitrogens with zero attached hydrogens (tertiary/aromatic N) is 2. The second-order valence-corrected chi connectivity index (χ2v) is 4.89. The molecule has 0 radical (unpaired) electrons. The van der Waals surface area contributed by atoms with Gasteiger partial charge < -0.3 is 0 Å². The zero-order valence-corrected chi connectivity index (χ0v) is 11.6. The van der Waals surface area contributed by atoms with Crippen LogP contribution in [0, 0.1) is 0 Å². The number of aromatic nitrogens is 2. The van der Waals surface area contributed by atoms with Gasteiger partial charge in [0.25, 0.3) is 0 Å². The Balaban J connectivity index is 2.15. The van der Waals surface area contributed by atoms with Gasteiger partial charge in [-0.2, -0.15) is 5.10 Å². The second-order valence-electron chi connectivity index (χ2n) is 4.05. The first kappa shape index (κ1) is 13.8. The van der Waals surface area contributed by atoms with Crippen molar-refractivity contribution in [1.29, 1.82) is 0 Å². The van der Waals surface area contributed by atoms with Gasteiger partial charge in [0.15, 0.2) is 11.6 Å². The third-order valence-electron chi connectivity index (χ3n) is 2.58. The van der Waals surface area contributed by atoms with Gasteiger partial charge in [0, 0.05) is 23.8 Å². The van der Waals surface area contributed by atoms with Crippen LogP contribution in [0.25, 0.3) is 0 Å². The van der Waals surface area contributed by atoms with E-state index in [0.717, 1.165) is 0 Å². The van der Waals surface area contributed by atoms with Crippen LogP contribution in [0.4, 0.5) is 0 Å². The van der Waals surface area contributed by atoms with Gasteiger partial charge in [0.2, 0.25) is 0 Å². The highest BCUT2D eigenvalue weighted by Gasteiger charge is 2.17. The molecule has 0 aliphatic carbocycles. The summed E-state index contributed by atoms with van der Waals surface area (Å²) in [5.41, 5.74) is 0.698. The number of carbonyl (C=O) groups is 2. The molecule has 2 rings (SSSR count). The summed E-state index contributed by atoms with van der Waals surface area (Å²) in [6, 6.07) is 4.56. The molecule has 6 heteroatoms. The van der Waals surface area contributed by atoms with E-state index in [1.165, 1.54) is 23.0 Å². The number of hydrogen-bond acceptors (Lipinski definition) is 3. The molecule has 0 unspecified atom stereocenters. The van der Waals surface area contributed by atoms with Crippen LogP contribution in [-0.2, 0) is 7.05 Å². The topological polar surface area (TPSA) is 52.0 Å². The van der Waals surface area contributed by atoms with Gasteiger partial charge in [-0.15, -0.1) is 0 Å². The summed E-state index contributed by atoms with van der Waals surface area (Å²) in [4.78, 5) is 23.9. The van der Waals surface area contributed by atoms with E-state index >= 15 is 0 Å². The molecule has 1 aromatic carbocycles. The first-order valence-electron chi connectivity index (χ1n) is 5.47. The van der Waals surface area contributed by atoms with Crippen LogP contribution in [0.3, 0.4) is 0 Å². The monoisotopic (exact) mass is 296 g/mol. The Kier molecular flexibility index (Phi) is 4.02. The minimum Gasteiger partial charge on any atom is -0.294 e. The van der Waals surface area contributed by atoms with Gasteiger partial charge in [0.05, 0.1) is 23.2 Å². The molecule has 0 saturated carbocycles. The molecule has 0 aliphatic rings. The Morgan fingerprint density at radius 2 is 2.00 bits per heavy atom. The SMILES string of the molecule is Cn1cc(C(=O)CC(=O)c2ccc(Cl)cc2Cl)cn1. The van der Waals surface area contributed by atoms with Crippen LogP contribution in [-0.4, -0.2) is 21.3 Å². The summed E-state index contributed by atoms with van der Waals surface area (Å²) in [5, 5.41) is 4.58. The largest absolute Gasteiger partial charge is 0.294 e. The number of benzene rings is 1. The average molecular weight is 297 g/mol. The van der Waals surface area contributed by atoms with Crippen molar-refractivity contribution in [2.24, 2.45) is 7.05 Å². The Morgan fingerprint density at radius 1 is 1.26 bits per heavy atom. The van der Waals surface area contributed by atoms with Gasteiger partial charge in [0.1, 0.15) is 0 Å². The molecule has 1 aromatic heterocycles. The number of rotatable bonds is 4. The maximum absolute atomic E-state index is 12.0. The lowest BCUT2D eigenvalue weighted by Crippen LogP contribution is -2.08. The minimum absolute atomic E-state index is 0.243. The maximum atomic E-state index is 12.0. The Hall–Kier alpha value is -1.65. The van der Waals surface area contributed by atoms with Crippen molar-refractivity contribution < 1.29 is 9.59 Å². The molecule has 0 amide bonds. The standard InChI is InChI=1S/C13H10Cl2N2O2/c1-17-7-8(6-16-17)12(18)5-13(19)10-3-2-9(14)4-11(10)15/h2-4,6-7H,5H2,1H3. The van der Waals surface area contributed by atoms with E-state index in [1.54, 1.807) is 19.3 Å². The Bertz CT molecular complexity index is 650. The molecule has 0 spiro atoms. The summed E-state index contributed by atoms with van der Waals surface area (Å²) < 4.78 is 1.51. The second kappa shape index (κ2) is 5.55. The van der Waals surface area contributed by atoms with Crippen molar-refractivity contribution in [2.45, 2.75) is 6.42 Å². The third kappa shape index (κ3) is 3.22. The van der Waals surface area contributed by atoms with Crippen LogP contribution in [0.2, 0.25) is 10.0 Å². The van der Waals surface area contributed by atoms with Crippen molar-refractivity contribution in [2.75, 3.05) is 0 Å². The van der Waals surface area contributed by atoms with E-state index in [1.807, 2.05) is 0 Å². The van der Waals surface area contributed by atoms with Crippen molar-refractivity contribution in [3.05, 3.63) is 51.8 Å². The van der Waals surface area contributed by atoms with E-state index in [4.69, 9.17) is 23.2 Å². The maximum Gasteiger partial charge on any atom is 0.173 e. The van der Waals surface area contributed by atoms with Gasteiger partial charge in [-0.25, -0.2) is 0 Å². The fourth-order valence-corrected chi connectivity index (χ4v) is 2.14. The molecule has 0 fully saturated rings. The van der Waals surface area contributed by atoms with Crippen molar-refractivity contribution in [1.82, 2.24) is 9.78 Å². The van der Waals surface area contributed by atoms with Gasteiger partial charge in [-0.05, 0) is 18.2 Å². The van der Waals surface area contributed by atoms with Crippen molar-refractivity contribution in [3.8, 4) is 0 Å². The van der Waals surface area contributed by atoms with E-state index in [2.05, 4.69) is 5.10 Å². The summed E-state index contributed by atoms with van der Waals surface area (Å²) in [5.74, 6) is -0.625. The number of ketones is 2. The normalized spacial score (nSPS) is 10.5. The van der Waals surface area contributed by atoms with Gasteiger partial charge >= 0.3 is 0 Å². The van der Waals surface area contributed by atoms with E-state index in [0.29, 0.717) is 16.1 Å². The predicted molar refractivity (Wildman–Crippen MR) is 72.9 cm³/mol. The summed E-state index contributed by atoms with van der Waals surface area (Å²) in [7, 11) is 1.70. The van der Waals surface area contributed by atoms with Crippen LogP contribution < -0.4 is 0 Å². The molecule has 4 nitrogen and oxygen atoms in total. The lowest BCUT2D eigenvalue weighted by Gasteiger charge is -2.02. The molecule has 98 valence electrons. The Labute approximate surface area is 119 Å². The number of aryl methyl sites for hydroxylation is 1. The van der Waals surface area contributed by atoms with Crippen molar-refractivity contribution >= 4 is 34.8 Å². The van der Waals surface area contributed by atoms with Gasteiger partial charge in [-0.1, -0.05) is 23.2 Å². The molecule has 19 heavy (non-hydrogen) atoms.